The molecular formula is C6H11NO4. The molecule has 5 nitrogen and oxygen atoms in total. The lowest BCUT2D eigenvalue weighted by molar-refractivity contribution is -0.138. The van der Waals surface area contributed by atoms with Crippen molar-refractivity contribution < 1.29 is 19.2 Å². The van der Waals surface area contributed by atoms with Gasteiger partial charge < -0.3 is 9.57 Å². The molecule has 0 aliphatic rings. The van der Waals surface area contributed by atoms with Crippen molar-refractivity contribution in [2.75, 3.05) is 19.8 Å². The van der Waals surface area contributed by atoms with Gasteiger partial charge in [-0.15, -0.1) is 0 Å². The molecule has 0 aliphatic heterocycles. The smallest absolute Gasteiger partial charge is 0.223 e. The maximum absolute atomic E-state index is 10.6. The van der Waals surface area contributed by atoms with E-state index in [0.717, 1.165) is 0 Å². The van der Waals surface area contributed by atoms with Crippen LogP contribution in [0.25, 0.3) is 0 Å². The Morgan fingerprint density at radius 3 is 2.45 bits per heavy atom. The van der Waals surface area contributed by atoms with Crippen LogP contribution in [-0.2, 0) is 19.2 Å². The summed E-state index contributed by atoms with van der Waals surface area (Å²) in [6.45, 7) is 1.44. The first-order valence-electron chi connectivity index (χ1n) is 3.11. The van der Waals surface area contributed by atoms with Crippen LogP contribution in [0.4, 0.5) is 0 Å². The van der Waals surface area contributed by atoms with E-state index in [4.69, 9.17) is 4.74 Å². The molecule has 5 heteroatoms. The Balaban J connectivity index is 3.25. The van der Waals surface area contributed by atoms with Crippen molar-refractivity contribution in [3.05, 3.63) is 0 Å². The SMILES string of the molecule is CC(=O)C(=O)COCCON. The van der Waals surface area contributed by atoms with E-state index in [2.05, 4.69) is 10.7 Å². The summed E-state index contributed by atoms with van der Waals surface area (Å²) in [5.41, 5.74) is 0. The van der Waals surface area contributed by atoms with Crippen LogP contribution in [0.1, 0.15) is 6.92 Å². The van der Waals surface area contributed by atoms with E-state index < -0.39 is 11.6 Å². The monoisotopic (exact) mass is 161 g/mol. The second-order valence-electron chi connectivity index (χ2n) is 1.90. The van der Waals surface area contributed by atoms with Crippen LogP contribution >= 0.6 is 0 Å². The van der Waals surface area contributed by atoms with Gasteiger partial charge in [0.2, 0.25) is 5.78 Å². The lowest BCUT2D eigenvalue weighted by atomic mass is 10.3. The zero-order valence-electron chi connectivity index (χ0n) is 6.33. The number of carbonyl (C=O) groups is 2. The molecule has 0 aliphatic carbocycles. The maximum Gasteiger partial charge on any atom is 0.223 e. The standard InChI is InChI=1S/C6H11NO4/c1-5(8)6(9)4-10-2-3-11-7/h2-4,7H2,1H3. The van der Waals surface area contributed by atoms with Gasteiger partial charge in [0.25, 0.3) is 0 Å². The number of rotatable bonds is 6. The molecule has 0 saturated carbocycles. The molecule has 0 rings (SSSR count). The highest BCUT2D eigenvalue weighted by atomic mass is 16.6. The summed E-state index contributed by atoms with van der Waals surface area (Å²) in [4.78, 5) is 25.0. The predicted molar refractivity (Wildman–Crippen MR) is 36.6 cm³/mol. The molecule has 11 heavy (non-hydrogen) atoms. The molecule has 0 fully saturated rings. The van der Waals surface area contributed by atoms with E-state index in [0.29, 0.717) is 0 Å². The fraction of sp³-hybridized carbons (Fsp3) is 0.667. The van der Waals surface area contributed by atoms with Crippen LogP contribution in [0.5, 0.6) is 0 Å². The number of hydrogen-bond donors (Lipinski definition) is 1. The quantitative estimate of drug-likeness (QED) is 0.309. The third kappa shape index (κ3) is 5.65. The van der Waals surface area contributed by atoms with Gasteiger partial charge in [0.1, 0.15) is 6.61 Å². The highest BCUT2D eigenvalue weighted by Gasteiger charge is 2.06. The van der Waals surface area contributed by atoms with Gasteiger partial charge in [-0.2, -0.15) is 0 Å². The van der Waals surface area contributed by atoms with Gasteiger partial charge in [-0.3, -0.25) is 9.59 Å². The van der Waals surface area contributed by atoms with Crippen molar-refractivity contribution in [1.29, 1.82) is 0 Å². The Morgan fingerprint density at radius 2 is 2.00 bits per heavy atom. The molecule has 0 aromatic heterocycles. The first-order valence-corrected chi connectivity index (χ1v) is 3.11. The van der Waals surface area contributed by atoms with Crippen LogP contribution in [0, 0.1) is 0 Å². The van der Waals surface area contributed by atoms with Gasteiger partial charge >= 0.3 is 0 Å². The Kier molecular flexibility index (Phi) is 5.54. The highest BCUT2D eigenvalue weighted by molar-refractivity contribution is 6.36. The normalized spacial score (nSPS) is 9.64. The number of ketones is 2. The van der Waals surface area contributed by atoms with Crippen molar-refractivity contribution in [2.45, 2.75) is 6.92 Å². The molecule has 2 N–H and O–H groups in total. The summed E-state index contributed by atoms with van der Waals surface area (Å²) in [6, 6.07) is 0. The van der Waals surface area contributed by atoms with Crippen LogP contribution in [-0.4, -0.2) is 31.4 Å². The van der Waals surface area contributed by atoms with E-state index >= 15 is 0 Å². The van der Waals surface area contributed by atoms with Gasteiger partial charge in [0.15, 0.2) is 5.78 Å². The first-order chi connectivity index (χ1) is 5.18. The molecule has 0 spiro atoms. The predicted octanol–water partition coefficient (Wildman–Crippen LogP) is -0.949. The second-order valence-corrected chi connectivity index (χ2v) is 1.90. The minimum Gasteiger partial charge on any atom is -0.371 e. The molecule has 0 radical (unpaired) electrons. The Morgan fingerprint density at radius 1 is 1.36 bits per heavy atom. The molecule has 0 aromatic carbocycles. The van der Waals surface area contributed by atoms with E-state index in [1.54, 1.807) is 0 Å². The van der Waals surface area contributed by atoms with Crippen molar-refractivity contribution >= 4 is 11.6 Å². The summed E-state index contributed by atoms with van der Waals surface area (Å²) in [7, 11) is 0. The third-order valence-electron chi connectivity index (χ3n) is 0.971. The summed E-state index contributed by atoms with van der Waals surface area (Å²) in [5.74, 6) is 3.63. The summed E-state index contributed by atoms with van der Waals surface area (Å²) in [6.07, 6.45) is 0. The number of nitrogens with two attached hydrogens (primary N) is 1. The lowest BCUT2D eigenvalue weighted by Crippen LogP contribution is -2.18. The van der Waals surface area contributed by atoms with Crippen LogP contribution in [0.2, 0.25) is 0 Å². The molecule has 64 valence electrons. The molecule has 0 unspecified atom stereocenters. The minimum absolute atomic E-state index is 0.196. The largest absolute Gasteiger partial charge is 0.371 e. The van der Waals surface area contributed by atoms with Gasteiger partial charge in [0, 0.05) is 6.92 Å². The number of ether oxygens (including phenoxy) is 1. The fourth-order valence-corrected chi connectivity index (χ4v) is 0.374. The molecule has 0 amide bonds. The first kappa shape index (κ1) is 10.2. The lowest BCUT2D eigenvalue weighted by Gasteiger charge is -1.99. The number of Topliss-reactive ketones (excluding diaryl/α,β-unsaturated/α-hetero) is 2. The van der Waals surface area contributed by atoms with Crippen molar-refractivity contribution in [2.24, 2.45) is 5.90 Å². The summed E-state index contributed by atoms with van der Waals surface area (Å²) < 4.78 is 4.72. The topological polar surface area (TPSA) is 78.6 Å². The van der Waals surface area contributed by atoms with Crippen LogP contribution in [0.3, 0.4) is 0 Å². The van der Waals surface area contributed by atoms with Gasteiger partial charge in [-0.25, -0.2) is 5.90 Å². The molecule has 0 bridgehead atoms. The Labute approximate surface area is 64.4 Å². The molecule has 0 atom stereocenters. The Hall–Kier alpha value is -0.780. The minimum atomic E-state index is -0.540. The third-order valence-corrected chi connectivity index (χ3v) is 0.971. The van der Waals surface area contributed by atoms with Gasteiger partial charge in [0.05, 0.1) is 13.2 Å². The average molecular weight is 161 g/mol. The van der Waals surface area contributed by atoms with E-state index in [-0.39, 0.29) is 19.8 Å². The van der Waals surface area contributed by atoms with E-state index in [1.165, 1.54) is 6.92 Å². The summed E-state index contributed by atoms with van der Waals surface area (Å²) >= 11 is 0. The van der Waals surface area contributed by atoms with Crippen molar-refractivity contribution in [3.63, 3.8) is 0 Å². The zero-order chi connectivity index (χ0) is 8.69. The number of carbonyl (C=O) groups excluding carboxylic acids is 2. The highest BCUT2D eigenvalue weighted by Crippen LogP contribution is 1.79. The van der Waals surface area contributed by atoms with Gasteiger partial charge in [-0.1, -0.05) is 0 Å². The zero-order valence-corrected chi connectivity index (χ0v) is 6.33. The van der Waals surface area contributed by atoms with Crippen LogP contribution < -0.4 is 5.90 Å². The second kappa shape index (κ2) is 5.96. The van der Waals surface area contributed by atoms with Crippen molar-refractivity contribution in [3.8, 4) is 0 Å². The molecule has 0 heterocycles. The van der Waals surface area contributed by atoms with Crippen LogP contribution in [0.15, 0.2) is 0 Å². The molecule has 0 aromatic rings. The summed E-state index contributed by atoms with van der Waals surface area (Å²) in [5, 5.41) is 0. The van der Waals surface area contributed by atoms with Gasteiger partial charge in [-0.05, 0) is 0 Å². The maximum atomic E-state index is 10.6. The molecular weight excluding hydrogens is 150 g/mol. The number of hydrogen-bond acceptors (Lipinski definition) is 5. The fourth-order valence-electron chi connectivity index (χ4n) is 0.374. The van der Waals surface area contributed by atoms with E-state index in [9.17, 15) is 9.59 Å². The van der Waals surface area contributed by atoms with E-state index in [1.807, 2.05) is 0 Å². The average Bonchev–Trinajstić information content (AvgIpc) is 1.97. The van der Waals surface area contributed by atoms with Crippen molar-refractivity contribution in [1.82, 2.24) is 0 Å². The molecule has 0 saturated heterocycles. The Bertz CT molecular complexity index is 146.